The summed E-state index contributed by atoms with van der Waals surface area (Å²) in [6.07, 6.45) is 7.54. The van der Waals surface area contributed by atoms with E-state index < -0.39 is 71.7 Å². The van der Waals surface area contributed by atoms with E-state index in [9.17, 15) is 28.8 Å². The summed E-state index contributed by atoms with van der Waals surface area (Å²) in [4.78, 5) is 97.8. The predicted octanol–water partition coefficient (Wildman–Crippen LogP) is 1.45. The topological polar surface area (TPSA) is 327 Å². The third-order valence-corrected chi connectivity index (χ3v) is 12.2. The summed E-state index contributed by atoms with van der Waals surface area (Å²) in [6.45, 7) is 2.61. The summed E-state index contributed by atoms with van der Waals surface area (Å²) in [7, 11) is 0. The highest BCUT2D eigenvalue weighted by Gasteiger charge is 2.34. The number of carbonyl (C=O) groups excluding carboxylic acids is 6. The lowest BCUT2D eigenvalue weighted by molar-refractivity contribution is -0.135. The van der Waals surface area contributed by atoms with Crippen molar-refractivity contribution in [1.82, 2.24) is 46.5 Å². The van der Waals surface area contributed by atoms with Gasteiger partial charge in [0.2, 0.25) is 35.4 Å². The van der Waals surface area contributed by atoms with Crippen LogP contribution in [0.2, 0.25) is 0 Å². The van der Waals surface area contributed by atoms with Gasteiger partial charge in [0.1, 0.15) is 30.2 Å². The van der Waals surface area contributed by atoms with E-state index in [1.165, 1.54) is 6.33 Å². The highest BCUT2D eigenvalue weighted by molar-refractivity contribution is 5.97. The van der Waals surface area contributed by atoms with Crippen molar-refractivity contribution in [2.45, 2.75) is 107 Å². The number of hydrogen-bond donors (Lipinski definition) is 12. The molecule has 0 unspecified atom stereocenters. The monoisotopic (exact) mass is 944 g/mol. The molecule has 366 valence electrons. The van der Waals surface area contributed by atoms with Crippen molar-refractivity contribution in [3.63, 3.8) is 0 Å². The number of carbonyl (C=O) groups is 6. The number of para-hydroxylation sites is 2. The second-order valence-electron chi connectivity index (χ2n) is 17.4. The van der Waals surface area contributed by atoms with Crippen LogP contribution >= 0.6 is 0 Å². The minimum Gasteiger partial charge on any atom is -0.368 e. The van der Waals surface area contributed by atoms with Crippen LogP contribution in [-0.4, -0.2) is 105 Å². The number of rotatable bonds is 27. The van der Waals surface area contributed by atoms with Gasteiger partial charge in [0.15, 0.2) is 0 Å². The van der Waals surface area contributed by atoms with Gasteiger partial charge < -0.3 is 64.5 Å². The molecule has 0 fully saturated rings. The SMILES string of the molecule is Cc1[nH]c2ccccc2c1C[C@@H](NC(=O)[C@@H](N)Cc1cnc[nH]1)C(=O)N[C@H](CCCCN)C(=O)N[C@@H](Cc1c[nH]c2ccccc12)C(=O)N[C@H](Cc1ccccc1)C(=O)N[C@@H](CCCCN)C(N)=O. The fraction of sp³-hybridized carbons (Fsp3) is 0.380. The molecule has 6 amide bonds. The molecular formula is C50H65N13O6. The highest BCUT2D eigenvalue weighted by atomic mass is 16.2. The molecule has 3 aromatic carbocycles. The molecule has 0 spiro atoms. The molecule has 0 aliphatic heterocycles. The predicted molar refractivity (Wildman–Crippen MR) is 264 cm³/mol. The van der Waals surface area contributed by atoms with E-state index in [0.717, 1.165) is 38.6 Å². The Balaban J connectivity index is 1.29. The lowest BCUT2D eigenvalue weighted by atomic mass is 9.99. The van der Waals surface area contributed by atoms with Gasteiger partial charge in [-0.3, -0.25) is 28.8 Å². The van der Waals surface area contributed by atoms with Gasteiger partial charge >= 0.3 is 0 Å². The minimum absolute atomic E-state index is 0.0134. The largest absolute Gasteiger partial charge is 0.368 e. The zero-order chi connectivity index (χ0) is 49.3. The summed E-state index contributed by atoms with van der Waals surface area (Å²) in [5, 5.41) is 15.9. The Morgan fingerprint density at radius 1 is 0.580 bits per heavy atom. The van der Waals surface area contributed by atoms with Crippen molar-refractivity contribution < 1.29 is 28.8 Å². The quantitative estimate of drug-likeness (QED) is 0.0330. The molecule has 3 aromatic heterocycles. The maximum atomic E-state index is 14.7. The lowest BCUT2D eigenvalue weighted by Gasteiger charge is -2.27. The number of amides is 6. The van der Waals surface area contributed by atoms with E-state index in [4.69, 9.17) is 22.9 Å². The first-order valence-corrected chi connectivity index (χ1v) is 23.4. The first kappa shape index (κ1) is 51.0. The van der Waals surface area contributed by atoms with Crippen LogP contribution in [0.5, 0.6) is 0 Å². The summed E-state index contributed by atoms with van der Waals surface area (Å²) in [5.41, 5.74) is 28.9. The number of hydrogen-bond acceptors (Lipinski definition) is 10. The fourth-order valence-corrected chi connectivity index (χ4v) is 8.43. The number of primary amides is 1. The van der Waals surface area contributed by atoms with Crippen LogP contribution in [0.4, 0.5) is 0 Å². The normalized spacial score (nSPS) is 14.0. The molecule has 6 aromatic rings. The van der Waals surface area contributed by atoms with Crippen LogP contribution in [-0.2, 0) is 54.5 Å². The molecule has 0 aliphatic rings. The summed E-state index contributed by atoms with van der Waals surface area (Å²) in [5.74, 6) is -3.98. The number of fused-ring (bicyclic) bond motifs is 2. The van der Waals surface area contributed by atoms with Gasteiger partial charge in [-0.15, -0.1) is 0 Å². The van der Waals surface area contributed by atoms with Crippen LogP contribution in [0.15, 0.2) is 97.6 Å². The summed E-state index contributed by atoms with van der Waals surface area (Å²) < 4.78 is 0. The second-order valence-corrected chi connectivity index (χ2v) is 17.4. The van der Waals surface area contributed by atoms with Crippen LogP contribution in [0, 0.1) is 6.92 Å². The van der Waals surface area contributed by atoms with Gasteiger partial charge in [-0.25, -0.2) is 4.98 Å². The van der Waals surface area contributed by atoms with E-state index in [0.29, 0.717) is 50.0 Å². The number of aromatic nitrogens is 4. The van der Waals surface area contributed by atoms with E-state index in [1.54, 1.807) is 24.5 Å². The molecule has 6 rings (SSSR count). The molecule has 16 N–H and O–H groups in total. The Morgan fingerprint density at radius 2 is 1.12 bits per heavy atom. The van der Waals surface area contributed by atoms with Gasteiger partial charge in [0.05, 0.1) is 12.4 Å². The lowest BCUT2D eigenvalue weighted by Crippen LogP contribution is -2.60. The number of unbranched alkanes of at least 4 members (excludes halogenated alkanes) is 2. The highest BCUT2D eigenvalue weighted by Crippen LogP contribution is 2.24. The van der Waals surface area contributed by atoms with E-state index >= 15 is 0 Å². The summed E-state index contributed by atoms with van der Waals surface area (Å²) >= 11 is 0. The first-order chi connectivity index (χ1) is 33.3. The number of nitrogens with one attached hydrogen (secondary N) is 8. The first-order valence-electron chi connectivity index (χ1n) is 23.4. The molecule has 6 atom stereocenters. The fourth-order valence-electron chi connectivity index (χ4n) is 8.43. The zero-order valence-corrected chi connectivity index (χ0v) is 38.9. The smallest absolute Gasteiger partial charge is 0.243 e. The molecule has 0 bridgehead atoms. The van der Waals surface area contributed by atoms with Crippen LogP contribution in [0.1, 0.15) is 66.6 Å². The maximum Gasteiger partial charge on any atom is 0.243 e. The van der Waals surface area contributed by atoms with E-state index in [2.05, 4.69) is 46.5 Å². The van der Waals surface area contributed by atoms with Crippen molar-refractivity contribution in [1.29, 1.82) is 0 Å². The third kappa shape index (κ3) is 14.3. The number of H-pyrrole nitrogens is 3. The molecule has 0 aliphatic carbocycles. The van der Waals surface area contributed by atoms with Crippen molar-refractivity contribution in [3.8, 4) is 0 Å². The number of aryl methyl sites for hydroxylation is 1. The Morgan fingerprint density at radius 3 is 1.75 bits per heavy atom. The van der Waals surface area contributed by atoms with Gasteiger partial charge in [0.25, 0.3) is 0 Å². The average Bonchev–Trinajstić information content (AvgIpc) is 4.09. The maximum absolute atomic E-state index is 14.7. The molecular weight excluding hydrogens is 879 g/mol. The number of nitrogens with two attached hydrogens (primary N) is 4. The van der Waals surface area contributed by atoms with Crippen LogP contribution in [0.3, 0.4) is 0 Å². The molecule has 0 radical (unpaired) electrons. The Labute approximate surface area is 400 Å². The molecule has 19 heteroatoms. The Hall–Kier alpha value is -7.35. The Kier molecular flexibility index (Phi) is 18.6. The van der Waals surface area contributed by atoms with Gasteiger partial charge in [-0.1, -0.05) is 66.7 Å². The van der Waals surface area contributed by atoms with Crippen molar-refractivity contribution >= 4 is 57.2 Å². The van der Waals surface area contributed by atoms with Gasteiger partial charge in [-0.2, -0.15) is 0 Å². The third-order valence-electron chi connectivity index (χ3n) is 12.2. The van der Waals surface area contributed by atoms with Crippen molar-refractivity contribution in [3.05, 3.63) is 126 Å². The van der Waals surface area contributed by atoms with E-state index in [-0.39, 0.29) is 38.5 Å². The molecule has 19 nitrogen and oxygen atoms in total. The van der Waals surface area contributed by atoms with Crippen LogP contribution in [0.25, 0.3) is 21.8 Å². The molecule has 0 saturated heterocycles. The molecule has 69 heavy (non-hydrogen) atoms. The zero-order valence-electron chi connectivity index (χ0n) is 38.9. The minimum atomic E-state index is -1.28. The summed E-state index contributed by atoms with van der Waals surface area (Å²) in [6, 6.07) is 17.2. The average molecular weight is 944 g/mol. The number of aromatic amines is 3. The standard InChI is InChI=1S/C50H65N13O6/c1-30-36(35-16-6-8-18-39(35)58-30)26-44(61-46(65)37(53)25-33-28-55-29-57-33)50(69)60-41(20-10-12-22-52)47(66)63-43(24-32-27-56-38-17-7-5-15-34(32)38)49(68)62-42(23-31-13-3-2-4-14-31)48(67)59-40(45(54)64)19-9-11-21-51/h2-8,13-18,27-29,37,40-44,56,58H,9-12,19-26,51-53H2,1H3,(H2,54,64)(H,55,57)(H,59,67)(H,60,69)(H,61,65)(H,62,68)(H,63,66)/t37-,40-,41+,42+,43-,44+/m0/s1. The number of imidazole rings is 1. The second kappa shape index (κ2) is 25.1. The van der Waals surface area contributed by atoms with Gasteiger partial charge in [0, 0.05) is 71.3 Å². The number of nitrogens with zero attached hydrogens (tertiary/aromatic N) is 1. The number of benzene rings is 3. The van der Waals surface area contributed by atoms with Crippen molar-refractivity contribution in [2.75, 3.05) is 13.1 Å². The van der Waals surface area contributed by atoms with Gasteiger partial charge in [-0.05, 0) is 87.4 Å². The van der Waals surface area contributed by atoms with Crippen molar-refractivity contribution in [2.24, 2.45) is 22.9 Å². The Bertz CT molecular complexity index is 2650. The van der Waals surface area contributed by atoms with Crippen LogP contribution < -0.4 is 49.5 Å². The van der Waals surface area contributed by atoms with E-state index in [1.807, 2.05) is 73.7 Å². The molecule has 3 heterocycles. The molecule has 0 saturated carbocycles.